The molecule has 9 heteroatoms. The number of aryl methyl sites for hydroxylation is 1. The number of guanidine groups is 1. The van der Waals surface area contributed by atoms with Crippen molar-refractivity contribution in [2.75, 3.05) is 46.9 Å². The van der Waals surface area contributed by atoms with Crippen LogP contribution >= 0.6 is 24.0 Å². The predicted octanol–water partition coefficient (Wildman–Crippen LogP) is 2.90. The highest BCUT2D eigenvalue weighted by Crippen LogP contribution is 2.28. The monoisotopic (exact) mass is 529 g/mol. The number of methoxy groups -OCH3 is 1. The van der Waals surface area contributed by atoms with E-state index in [1.54, 1.807) is 7.11 Å². The normalized spacial score (nSPS) is 14.9. The predicted molar refractivity (Wildman–Crippen MR) is 128 cm³/mol. The molecule has 2 aromatic rings. The number of nitrogens with one attached hydrogen (secondary N) is 1. The van der Waals surface area contributed by atoms with Crippen molar-refractivity contribution < 1.29 is 14.0 Å². The highest BCUT2D eigenvalue weighted by molar-refractivity contribution is 14.0. The molecule has 1 saturated heterocycles. The Kier molecular flexibility index (Phi) is 9.70. The lowest BCUT2D eigenvalue weighted by atomic mass is 10.2. The van der Waals surface area contributed by atoms with E-state index in [1.807, 2.05) is 45.2 Å². The second-order valence-electron chi connectivity index (χ2n) is 7.01. The molecular weight excluding hydrogens is 497 g/mol. The lowest BCUT2D eigenvalue weighted by Gasteiger charge is -2.36. The highest BCUT2D eigenvalue weighted by atomic mass is 127. The summed E-state index contributed by atoms with van der Waals surface area (Å²) in [5.74, 6) is 3.28. The van der Waals surface area contributed by atoms with E-state index in [0.29, 0.717) is 13.2 Å². The van der Waals surface area contributed by atoms with Gasteiger partial charge in [0.15, 0.2) is 17.5 Å². The summed E-state index contributed by atoms with van der Waals surface area (Å²) in [7, 11) is 3.48. The number of rotatable bonds is 7. The maximum atomic E-state index is 5.67. The lowest BCUT2D eigenvalue weighted by Crippen LogP contribution is -2.52. The van der Waals surface area contributed by atoms with E-state index >= 15 is 0 Å². The molecule has 0 unspecified atom stereocenters. The Bertz CT molecular complexity index is 819. The molecule has 3 rings (SSSR count). The SMILES string of the molecule is CCOc1cc(CNC(=NC)N2CCN(Cc3cc(C)on3)CC2)ccc1OC.I. The molecule has 0 aliphatic carbocycles. The molecule has 0 bridgehead atoms. The zero-order valence-corrected chi connectivity index (χ0v) is 20.5. The molecule has 1 aromatic carbocycles. The summed E-state index contributed by atoms with van der Waals surface area (Å²) in [5.41, 5.74) is 2.11. The summed E-state index contributed by atoms with van der Waals surface area (Å²) in [5, 5.41) is 7.55. The maximum Gasteiger partial charge on any atom is 0.194 e. The summed E-state index contributed by atoms with van der Waals surface area (Å²) in [6.45, 7) is 9.76. The maximum absolute atomic E-state index is 5.67. The number of halogens is 1. The third kappa shape index (κ3) is 6.49. The number of hydrogen-bond acceptors (Lipinski definition) is 6. The zero-order valence-electron chi connectivity index (χ0n) is 18.2. The van der Waals surface area contributed by atoms with Gasteiger partial charge in [-0.25, -0.2) is 0 Å². The number of piperazine rings is 1. The van der Waals surface area contributed by atoms with E-state index in [0.717, 1.165) is 67.2 Å². The van der Waals surface area contributed by atoms with Crippen LogP contribution in [0.25, 0.3) is 0 Å². The van der Waals surface area contributed by atoms with Crippen LogP contribution in [-0.4, -0.2) is 67.9 Å². The van der Waals surface area contributed by atoms with Crippen molar-refractivity contribution in [3.05, 3.63) is 41.3 Å². The van der Waals surface area contributed by atoms with Crippen molar-refractivity contribution in [2.45, 2.75) is 26.9 Å². The molecule has 0 atom stereocenters. The summed E-state index contributed by atoms with van der Waals surface area (Å²) in [4.78, 5) is 9.14. The Morgan fingerprint density at radius 3 is 2.57 bits per heavy atom. The fraction of sp³-hybridized carbons (Fsp3) is 0.524. The first-order valence-corrected chi connectivity index (χ1v) is 10.0. The van der Waals surface area contributed by atoms with Gasteiger partial charge in [0.05, 0.1) is 19.4 Å². The van der Waals surface area contributed by atoms with E-state index in [-0.39, 0.29) is 24.0 Å². The van der Waals surface area contributed by atoms with Crippen molar-refractivity contribution in [1.29, 1.82) is 0 Å². The average Bonchev–Trinajstić information content (AvgIpc) is 3.14. The van der Waals surface area contributed by atoms with Gasteiger partial charge in [0.2, 0.25) is 0 Å². The highest BCUT2D eigenvalue weighted by Gasteiger charge is 2.20. The van der Waals surface area contributed by atoms with Gasteiger partial charge in [0, 0.05) is 52.4 Å². The van der Waals surface area contributed by atoms with Crippen LogP contribution in [0.3, 0.4) is 0 Å². The number of aromatic nitrogens is 1. The topological polar surface area (TPSA) is 75.4 Å². The van der Waals surface area contributed by atoms with E-state index < -0.39 is 0 Å². The number of nitrogens with zero attached hydrogens (tertiary/aromatic N) is 4. The van der Waals surface area contributed by atoms with Gasteiger partial charge < -0.3 is 24.2 Å². The van der Waals surface area contributed by atoms with Crippen LogP contribution in [0, 0.1) is 6.92 Å². The second kappa shape index (κ2) is 12.0. The third-order valence-corrected chi connectivity index (χ3v) is 4.92. The molecule has 8 nitrogen and oxygen atoms in total. The molecule has 30 heavy (non-hydrogen) atoms. The molecule has 1 aromatic heterocycles. The molecule has 1 aliphatic heterocycles. The number of benzene rings is 1. The van der Waals surface area contributed by atoms with Crippen LogP contribution in [0.5, 0.6) is 11.5 Å². The fourth-order valence-electron chi connectivity index (χ4n) is 3.45. The summed E-state index contributed by atoms with van der Waals surface area (Å²) in [6.07, 6.45) is 0. The van der Waals surface area contributed by atoms with E-state index in [4.69, 9.17) is 14.0 Å². The van der Waals surface area contributed by atoms with Gasteiger partial charge in [0.1, 0.15) is 5.76 Å². The van der Waals surface area contributed by atoms with Crippen molar-refractivity contribution in [2.24, 2.45) is 4.99 Å². The van der Waals surface area contributed by atoms with Crippen molar-refractivity contribution in [1.82, 2.24) is 20.3 Å². The minimum absolute atomic E-state index is 0. The molecule has 1 aliphatic rings. The third-order valence-electron chi connectivity index (χ3n) is 4.92. The minimum Gasteiger partial charge on any atom is -0.493 e. The average molecular weight is 529 g/mol. The lowest BCUT2D eigenvalue weighted by molar-refractivity contribution is 0.169. The number of aliphatic imine (C=N–C) groups is 1. The van der Waals surface area contributed by atoms with Crippen LogP contribution in [0.1, 0.15) is 23.9 Å². The molecular formula is C21H32IN5O3. The van der Waals surface area contributed by atoms with Crippen LogP contribution < -0.4 is 14.8 Å². The first kappa shape index (κ1) is 24.3. The van der Waals surface area contributed by atoms with Crippen molar-refractivity contribution in [3.63, 3.8) is 0 Å². The van der Waals surface area contributed by atoms with Gasteiger partial charge >= 0.3 is 0 Å². The molecule has 0 saturated carbocycles. The Balaban J connectivity index is 0.00000320. The van der Waals surface area contributed by atoms with Gasteiger partial charge in [-0.05, 0) is 31.5 Å². The van der Waals surface area contributed by atoms with Gasteiger partial charge in [-0.3, -0.25) is 9.89 Å². The number of hydrogen-bond donors (Lipinski definition) is 1. The summed E-state index contributed by atoms with van der Waals surface area (Å²) in [6, 6.07) is 7.99. The largest absolute Gasteiger partial charge is 0.493 e. The fourth-order valence-corrected chi connectivity index (χ4v) is 3.45. The van der Waals surface area contributed by atoms with E-state index in [2.05, 4.69) is 25.3 Å². The van der Waals surface area contributed by atoms with Gasteiger partial charge in [-0.15, -0.1) is 24.0 Å². The Hall–Kier alpha value is -2.01. The first-order valence-electron chi connectivity index (χ1n) is 10.0. The zero-order chi connectivity index (χ0) is 20.6. The second-order valence-corrected chi connectivity index (χ2v) is 7.01. The standard InChI is InChI=1S/C21H31N5O3.HI/c1-5-28-20-13-17(6-7-19(20)27-4)14-23-21(22-3)26-10-8-25(9-11-26)15-18-12-16(2)29-24-18;/h6-7,12-13H,5,8-11,14-15H2,1-4H3,(H,22,23);1H. The van der Waals surface area contributed by atoms with Crippen LogP contribution in [-0.2, 0) is 13.1 Å². The Morgan fingerprint density at radius 1 is 1.20 bits per heavy atom. The molecule has 2 heterocycles. The molecule has 0 radical (unpaired) electrons. The Morgan fingerprint density at radius 2 is 1.97 bits per heavy atom. The summed E-state index contributed by atoms with van der Waals surface area (Å²) < 4.78 is 16.2. The summed E-state index contributed by atoms with van der Waals surface area (Å²) >= 11 is 0. The molecule has 0 amide bonds. The van der Waals surface area contributed by atoms with E-state index in [1.165, 1.54) is 0 Å². The number of ether oxygens (including phenoxy) is 2. The van der Waals surface area contributed by atoms with Gasteiger partial charge in [0.25, 0.3) is 0 Å². The Labute approximate surface area is 195 Å². The van der Waals surface area contributed by atoms with Gasteiger partial charge in [-0.2, -0.15) is 0 Å². The molecule has 166 valence electrons. The van der Waals surface area contributed by atoms with Crippen LogP contribution in [0.15, 0.2) is 33.8 Å². The van der Waals surface area contributed by atoms with Crippen LogP contribution in [0.2, 0.25) is 0 Å². The quantitative estimate of drug-likeness (QED) is 0.336. The minimum atomic E-state index is 0. The van der Waals surface area contributed by atoms with E-state index in [9.17, 15) is 0 Å². The van der Waals surface area contributed by atoms with Crippen LogP contribution in [0.4, 0.5) is 0 Å². The van der Waals surface area contributed by atoms with Crippen molar-refractivity contribution in [3.8, 4) is 11.5 Å². The smallest absolute Gasteiger partial charge is 0.194 e. The molecule has 0 spiro atoms. The first-order chi connectivity index (χ1) is 14.1. The molecule has 1 fully saturated rings. The van der Waals surface area contributed by atoms with Gasteiger partial charge in [-0.1, -0.05) is 11.2 Å². The molecule has 1 N–H and O–H groups in total. The van der Waals surface area contributed by atoms with Crippen molar-refractivity contribution >= 4 is 29.9 Å².